The van der Waals surface area contributed by atoms with Gasteiger partial charge in [0.05, 0.1) is 23.9 Å². The summed E-state index contributed by atoms with van der Waals surface area (Å²) in [5, 5.41) is 4.29. The predicted molar refractivity (Wildman–Crippen MR) is 94.2 cm³/mol. The first kappa shape index (κ1) is 15.1. The SMILES string of the molecule is CCOc1ccc(/C=N\Nc2nc3ccccc3n2CC)cc1. The van der Waals surface area contributed by atoms with Gasteiger partial charge in [-0.3, -0.25) is 0 Å². The van der Waals surface area contributed by atoms with Gasteiger partial charge in [0.25, 0.3) is 0 Å². The third-order valence-electron chi connectivity index (χ3n) is 3.54. The van der Waals surface area contributed by atoms with Crippen molar-refractivity contribution in [2.75, 3.05) is 12.0 Å². The summed E-state index contributed by atoms with van der Waals surface area (Å²) in [6.07, 6.45) is 1.77. The fourth-order valence-corrected chi connectivity index (χ4v) is 2.46. The highest BCUT2D eigenvalue weighted by Crippen LogP contribution is 2.19. The van der Waals surface area contributed by atoms with E-state index in [2.05, 4.69) is 33.1 Å². The highest BCUT2D eigenvalue weighted by atomic mass is 16.5. The molecule has 1 aromatic heterocycles. The van der Waals surface area contributed by atoms with Crippen LogP contribution in [0.4, 0.5) is 5.95 Å². The maximum atomic E-state index is 5.43. The van der Waals surface area contributed by atoms with Gasteiger partial charge in [0.1, 0.15) is 5.75 Å². The van der Waals surface area contributed by atoms with Crippen LogP contribution < -0.4 is 10.2 Å². The lowest BCUT2D eigenvalue weighted by Gasteiger charge is -2.04. The highest BCUT2D eigenvalue weighted by molar-refractivity contribution is 5.81. The molecule has 0 fully saturated rings. The fraction of sp³-hybridized carbons (Fsp3) is 0.222. The van der Waals surface area contributed by atoms with E-state index < -0.39 is 0 Å². The van der Waals surface area contributed by atoms with Gasteiger partial charge < -0.3 is 9.30 Å². The maximum Gasteiger partial charge on any atom is 0.224 e. The second kappa shape index (κ2) is 6.96. The second-order valence-corrected chi connectivity index (χ2v) is 5.04. The van der Waals surface area contributed by atoms with Crippen molar-refractivity contribution in [1.82, 2.24) is 9.55 Å². The number of nitrogens with zero attached hydrogens (tertiary/aromatic N) is 3. The molecule has 23 heavy (non-hydrogen) atoms. The van der Waals surface area contributed by atoms with E-state index in [1.54, 1.807) is 6.21 Å². The van der Waals surface area contributed by atoms with Crippen LogP contribution in [0.3, 0.4) is 0 Å². The Bertz CT molecular complexity index is 806. The van der Waals surface area contributed by atoms with Gasteiger partial charge in [0.2, 0.25) is 5.95 Å². The molecule has 0 spiro atoms. The van der Waals surface area contributed by atoms with Crippen molar-refractivity contribution in [2.45, 2.75) is 20.4 Å². The van der Waals surface area contributed by atoms with E-state index in [1.807, 2.05) is 49.4 Å². The van der Waals surface area contributed by atoms with Crippen molar-refractivity contribution in [3.05, 3.63) is 54.1 Å². The quantitative estimate of drug-likeness (QED) is 0.555. The molecule has 0 saturated heterocycles. The number of rotatable bonds is 6. The number of hydrogen-bond donors (Lipinski definition) is 1. The van der Waals surface area contributed by atoms with Crippen molar-refractivity contribution in [2.24, 2.45) is 5.10 Å². The van der Waals surface area contributed by atoms with Gasteiger partial charge in [0.15, 0.2) is 0 Å². The van der Waals surface area contributed by atoms with E-state index in [0.29, 0.717) is 6.61 Å². The van der Waals surface area contributed by atoms with Crippen molar-refractivity contribution in [1.29, 1.82) is 0 Å². The molecule has 0 aliphatic carbocycles. The van der Waals surface area contributed by atoms with E-state index in [4.69, 9.17) is 4.74 Å². The Balaban J connectivity index is 1.74. The van der Waals surface area contributed by atoms with E-state index in [1.165, 1.54) is 0 Å². The zero-order valence-corrected chi connectivity index (χ0v) is 13.4. The third kappa shape index (κ3) is 3.34. The summed E-state index contributed by atoms with van der Waals surface area (Å²) in [4.78, 5) is 4.57. The average Bonchev–Trinajstić information content (AvgIpc) is 2.94. The number of hydrogen-bond acceptors (Lipinski definition) is 4. The number of fused-ring (bicyclic) bond motifs is 1. The van der Waals surface area contributed by atoms with Crippen LogP contribution in [-0.4, -0.2) is 22.4 Å². The number of aryl methyl sites for hydroxylation is 1. The molecule has 1 heterocycles. The van der Waals surface area contributed by atoms with Gasteiger partial charge in [-0.1, -0.05) is 12.1 Å². The van der Waals surface area contributed by atoms with Crippen LogP contribution in [0.25, 0.3) is 11.0 Å². The average molecular weight is 308 g/mol. The highest BCUT2D eigenvalue weighted by Gasteiger charge is 2.07. The molecule has 0 saturated carbocycles. The van der Waals surface area contributed by atoms with Crippen LogP contribution in [0.5, 0.6) is 5.75 Å². The molecule has 5 nitrogen and oxygen atoms in total. The molecule has 3 aromatic rings. The van der Waals surface area contributed by atoms with Crippen molar-refractivity contribution in [3.63, 3.8) is 0 Å². The molecule has 0 bridgehead atoms. The van der Waals surface area contributed by atoms with Crippen molar-refractivity contribution >= 4 is 23.2 Å². The Morgan fingerprint density at radius 3 is 2.65 bits per heavy atom. The Morgan fingerprint density at radius 1 is 1.13 bits per heavy atom. The van der Waals surface area contributed by atoms with E-state index >= 15 is 0 Å². The fourth-order valence-electron chi connectivity index (χ4n) is 2.46. The summed E-state index contributed by atoms with van der Waals surface area (Å²) in [6, 6.07) is 15.9. The van der Waals surface area contributed by atoms with E-state index in [-0.39, 0.29) is 0 Å². The summed E-state index contributed by atoms with van der Waals surface area (Å²) in [5.74, 6) is 1.61. The molecular weight excluding hydrogens is 288 g/mol. The van der Waals surface area contributed by atoms with Crippen LogP contribution in [0, 0.1) is 0 Å². The molecule has 0 aliphatic rings. The summed E-state index contributed by atoms with van der Waals surface area (Å²) in [7, 11) is 0. The van der Waals surface area contributed by atoms with Crippen LogP contribution in [0.2, 0.25) is 0 Å². The largest absolute Gasteiger partial charge is 0.494 e. The normalized spacial score (nSPS) is 11.2. The topological polar surface area (TPSA) is 51.4 Å². The van der Waals surface area contributed by atoms with Crippen LogP contribution in [0.15, 0.2) is 53.6 Å². The van der Waals surface area contributed by atoms with Gasteiger partial charge in [-0.2, -0.15) is 5.10 Å². The van der Waals surface area contributed by atoms with Gasteiger partial charge in [-0.25, -0.2) is 10.4 Å². The monoisotopic (exact) mass is 308 g/mol. The van der Waals surface area contributed by atoms with Crippen LogP contribution in [-0.2, 0) is 6.54 Å². The zero-order chi connectivity index (χ0) is 16.1. The lowest BCUT2D eigenvalue weighted by atomic mass is 10.2. The maximum absolute atomic E-state index is 5.43. The summed E-state index contributed by atoms with van der Waals surface area (Å²) >= 11 is 0. The number of benzene rings is 2. The first-order valence-electron chi connectivity index (χ1n) is 7.79. The van der Waals surface area contributed by atoms with Crippen molar-refractivity contribution < 1.29 is 4.74 Å². The van der Waals surface area contributed by atoms with Crippen molar-refractivity contribution in [3.8, 4) is 5.75 Å². The lowest BCUT2D eigenvalue weighted by molar-refractivity contribution is 0.340. The molecule has 2 aromatic carbocycles. The Labute approximate surface area is 135 Å². The molecule has 5 heteroatoms. The van der Waals surface area contributed by atoms with Crippen LogP contribution in [0.1, 0.15) is 19.4 Å². The number of imidazole rings is 1. The molecule has 3 rings (SSSR count). The number of para-hydroxylation sites is 2. The Morgan fingerprint density at radius 2 is 1.91 bits per heavy atom. The minimum absolute atomic E-state index is 0.669. The molecule has 0 amide bonds. The number of ether oxygens (including phenoxy) is 1. The first-order valence-corrected chi connectivity index (χ1v) is 7.79. The Hall–Kier alpha value is -2.82. The molecule has 0 unspecified atom stereocenters. The van der Waals surface area contributed by atoms with Gasteiger partial charge in [-0.05, 0) is 55.8 Å². The van der Waals surface area contributed by atoms with Gasteiger partial charge in [-0.15, -0.1) is 0 Å². The number of anilines is 1. The summed E-state index contributed by atoms with van der Waals surface area (Å²) in [6.45, 7) is 5.57. The van der Waals surface area contributed by atoms with Gasteiger partial charge >= 0.3 is 0 Å². The van der Waals surface area contributed by atoms with Gasteiger partial charge in [0, 0.05) is 6.54 Å². The minimum Gasteiger partial charge on any atom is -0.494 e. The number of nitrogens with one attached hydrogen (secondary N) is 1. The molecule has 118 valence electrons. The standard InChI is InChI=1S/C18H20N4O/c1-3-22-17-8-6-5-7-16(17)20-18(22)21-19-13-14-9-11-15(12-10-14)23-4-2/h5-13H,3-4H2,1-2H3,(H,20,21)/b19-13-. The first-order chi connectivity index (χ1) is 11.3. The zero-order valence-electron chi connectivity index (χ0n) is 13.4. The summed E-state index contributed by atoms with van der Waals surface area (Å²) < 4.78 is 7.53. The third-order valence-corrected chi connectivity index (χ3v) is 3.54. The molecule has 0 aliphatic heterocycles. The molecular formula is C18H20N4O. The predicted octanol–water partition coefficient (Wildman–Crippen LogP) is 3.90. The van der Waals surface area contributed by atoms with E-state index in [0.717, 1.165) is 34.8 Å². The lowest BCUT2D eigenvalue weighted by Crippen LogP contribution is -2.01. The minimum atomic E-state index is 0.669. The molecule has 0 atom stereocenters. The molecule has 0 radical (unpaired) electrons. The molecule has 1 N–H and O–H groups in total. The number of hydrazone groups is 1. The van der Waals surface area contributed by atoms with Crippen LogP contribution >= 0.6 is 0 Å². The Kier molecular flexibility index (Phi) is 4.57. The number of aromatic nitrogens is 2. The van der Waals surface area contributed by atoms with E-state index in [9.17, 15) is 0 Å². The smallest absolute Gasteiger partial charge is 0.224 e. The summed E-state index contributed by atoms with van der Waals surface area (Å²) in [5.41, 5.74) is 6.10. The second-order valence-electron chi connectivity index (χ2n) is 5.04.